The van der Waals surface area contributed by atoms with Crippen LogP contribution in [0.3, 0.4) is 0 Å². The third kappa shape index (κ3) is 4.60. The number of hydrogen-bond donors (Lipinski definition) is 0. The van der Waals surface area contributed by atoms with Crippen LogP contribution in [0.1, 0.15) is 25.7 Å². The van der Waals surface area contributed by atoms with Crippen molar-refractivity contribution in [3.63, 3.8) is 0 Å². The molecule has 0 atom stereocenters. The van der Waals surface area contributed by atoms with Crippen molar-refractivity contribution in [2.24, 2.45) is 0 Å². The molecule has 9 heavy (non-hydrogen) atoms. The Hall–Kier alpha value is 0.103. The molecule has 0 bridgehead atoms. The fraction of sp³-hybridized carbons (Fsp3) is 0.500. The average molecular weight is 209 g/mol. The van der Waals surface area contributed by atoms with E-state index in [0.29, 0.717) is 0 Å². The van der Waals surface area contributed by atoms with E-state index in [1.165, 1.54) is 25.7 Å². The second kappa shape index (κ2) is 6.23. The van der Waals surface area contributed by atoms with Gasteiger partial charge >= 0.3 is 19.5 Å². The summed E-state index contributed by atoms with van der Waals surface area (Å²) >= 11 is 0. The molecule has 1 rings (SSSR count). The molecule has 0 fully saturated rings. The number of allylic oxidation sites excluding steroid dienone is 4. The molecule has 50 valence electrons. The van der Waals surface area contributed by atoms with Crippen molar-refractivity contribution in [2.45, 2.75) is 25.7 Å². The van der Waals surface area contributed by atoms with Gasteiger partial charge in [0.1, 0.15) is 0 Å². The molecule has 0 radical (unpaired) electrons. The minimum absolute atomic E-state index is 0. The summed E-state index contributed by atoms with van der Waals surface area (Å²) in [6, 6.07) is 0. The summed E-state index contributed by atoms with van der Waals surface area (Å²) in [5.74, 6) is 0. The molecule has 0 spiro atoms. The predicted octanol–water partition coefficient (Wildman–Crippen LogP) is 2.67. The zero-order valence-corrected chi connectivity index (χ0v) is 7.23. The van der Waals surface area contributed by atoms with E-state index in [0.717, 1.165) is 0 Å². The van der Waals surface area contributed by atoms with Gasteiger partial charge in [-0.1, -0.05) is 24.3 Å². The Morgan fingerprint density at radius 2 is 0.778 bits per heavy atom. The van der Waals surface area contributed by atoms with Crippen molar-refractivity contribution in [3.05, 3.63) is 24.3 Å². The maximum atomic E-state index is 2.27. The van der Waals surface area contributed by atoms with Gasteiger partial charge in [0.25, 0.3) is 0 Å². The summed E-state index contributed by atoms with van der Waals surface area (Å²) in [7, 11) is 0. The largest absolute Gasteiger partial charge is 2.00 e. The van der Waals surface area contributed by atoms with Gasteiger partial charge < -0.3 is 0 Å². The van der Waals surface area contributed by atoms with Crippen molar-refractivity contribution in [1.29, 1.82) is 0 Å². The zero-order valence-electron chi connectivity index (χ0n) is 5.49. The number of hydrogen-bond acceptors (Lipinski definition) is 0. The first-order chi connectivity index (χ1) is 4.00. The normalized spacial score (nSPS) is 24.9. The first-order valence-corrected chi connectivity index (χ1v) is 3.30. The van der Waals surface area contributed by atoms with Crippen LogP contribution < -0.4 is 0 Å². The molecule has 0 saturated carbocycles. The molecule has 0 aromatic heterocycles. The topological polar surface area (TPSA) is 0 Å². The van der Waals surface area contributed by atoms with E-state index in [1.54, 1.807) is 0 Å². The van der Waals surface area contributed by atoms with Crippen molar-refractivity contribution in [3.8, 4) is 0 Å². The van der Waals surface area contributed by atoms with Gasteiger partial charge in [-0.25, -0.2) is 0 Å². The minimum atomic E-state index is 0. The SMILES string of the molecule is C1=C\CC/C=C\CC/1.[Ru+2]. The number of rotatable bonds is 0. The summed E-state index contributed by atoms with van der Waals surface area (Å²) in [6.45, 7) is 0. The van der Waals surface area contributed by atoms with E-state index in [-0.39, 0.29) is 19.5 Å². The second-order valence-electron chi connectivity index (χ2n) is 2.10. The fourth-order valence-corrected chi connectivity index (χ4v) is 0.856. The Kier molecular flexibility index (Phi) is 6.30. The molecule has 0 heterocycles. The third-order valence-electron chi connectivity index (χ3n) is 1.33. The molecule has 0 aromatic rings. The van der Waals surface area contributed by atoms with Gasteiger partial charge in [0.2, 0.25) is 0 Å². The Bertz CT molecular complexity index is 77.1. The van der Waals surface area contributed by atoms with E-state index in [4.69, 9.17) is 0 Å². The summed E-state index contributed by atoms with van der Waals surface area (Å²) in [5, 5.41) is 0. The Morgan fingerprint density at radius 3 is 1.00 bits per heavy atom. The fourth-order valence-electron chi connectivity index (χ4n) is 0.856. The molecule has 0 unspecified atom stereocenters. The van der Waals surface area contributed by atoms with Gasteiger partial charge in [0.05, 0.1) is 0 Å². The first kappa shape index (κ1) is 9.10. The van der Waals surface area contributed by atoms with Crippen LogP contribution in [0.2, 0.25) is 0 Å². The van der Waals surface area contributed by atoms with Crippen LogP contribution in [0, 0.1) is 0 Å². The van der Waals surface area contributed by atoms with Gasteiger partial charge in [0, 0.05) is 0 Å². The molecule has 0 amide bonds. The minimum Gasteiger partial charge on any atom is -0.0882 e. The van der Waals surface area contributed by atoms with E-state index < -0.39 is 0 Å². The van der Waals surface area contributed by atoms with Crippen molar-refractivity contribution < 1.29 is 19.5 Å². The third-order valence-corrected chi connectivity index (χ3v) is 1.33. The van der Waals surface area contributed by atoms with E-state index in [2.05, 4.69) is 24.3 Å². The maximum absolute atomic E-state index is 2.27. The van der Waals surface area contributed by atoms with Crippen LogP contribution in [0.15, 0.2) is 24.3 Å². The molecular formula is C8H12Ru+2. The quantitative estimate of drug-likeness (QED) is 0.425. The molecule has 0 aliphatic heterocycles. The van der Waals surface area contributed by atoms with Gasteiger partial charge in [-0.3, -0.25) is 0 Å². The molecular weight excluding hydrogens is 197 g/mol. The van der Waals surface area contributed by atoms with E-state index >= 15 is 0 Å². The predicted molar refractivity (Wildman–Crippen MR) is 36.7 cm³/mol. The van der Waals surface area contributed by atoms with Gasteiger partial charge in [-0.15, -0.1) is 0 Å². The van der Waals surface area contributed by atoms with Crippen LogP contribution in [-0.2, 0) is 19.5 Å². The zero-order chi connectivity index (χ0) is 5.66. The summed E-state index contributed by atoms with van der Waals surface area (Å²) in [6.07, 6.45) is 14.0. The standard InChI is InChI=1S/C8H12.Ru/c1-2-4-6-8-7-5-3-1;/h1-2,7-8H,3-6H2;/q;+2/b2-1-,8-7-;. The van der Waals surface area contributed by atoms with Crippen molar-refractivity contribution in [2.75, 3.05) is 0 Å². The molecule has 0 nitrogen and oxygen atoms in total. The van der Waals surface area contributed by atoms with Crippen LogP contribution >= 0.6 is 0 Å². The van der Waals surface area contributed by atoms with Crippen LogP contribution in [-0.4, -0.2) is 0 Å². The van der Waals surface area contributed by atoms with E-state index in [1.807, 2.05) is 0 Å². The second-order valence-corrected chi connectivity index (χ2v) is 2.10. The molecule has 1 aliphatic rings. The molecule has 0 aromatic carbocycles. The van der Waals surface area contributed by atoms with E-state index in [9.17, 15) is 0 Å². The van der Waals surface area contributed by atoms with Crippen molar-refractivity contribution >= 4 is 0 Å². The Morgan fingerprint density at radius 1 is 0.556 bits per heavy atom. The molecule has 0 saturated heterocycles. The van der Waals surface area contributed by atoms with Gasteiger partial charge in [-0.05, 0) is 25.7 Å². The van der Waals surface area contributed by atoms with Crippen LogP contribution in [0.5, 0.6) is 0 Å². The summed E-state index contributed by atoms with van der Waals surface area (Å²) < 4.78 is 0. The Balaban J connectivity index is 0.000000640. The first-order valence-electron chi connectivity index (χ1n) is 3.30. The maximum Gasteiger partial charge on any atom is 2.00 e. The van der Waals surface area contributed by atoms with Gasteiger partial charge in [0.15, 0.2) is 0 Å². The average Bonchev–Trinajstić information content (AvgIpc) is 1.62. The Labute approximate surface area is 69.8 Å². The summed E-state index contributed by atoms with van der Waals surface area (Å²) in [5.41, 5.74) is 0. The molecule has 0 N–H and O–H groups in total. The monoisotopic (exact) mass is 210 g/mol. The van der Waals surface area contributed by atoms with Crippen LogP contribution in [0.4, 0.5) is 0 Å². The van der Waals surface area contributed by atoms with Crippen LogP contribution in [0.25, 0.3) is 0 Å². The smallest absolute Gasteiger partial charge is 0.0882 e. The molecule has 1 heteroatoms. The summed E-state index contributed by atoms with van der Waals surface area (Å²) in [4.78, 5) is 0. The van der Waals surface area contributed by atoms with Crippen molar-refractivity contribution in [1.82, 2.24) is 0 Å². The van der Waals surface area contributed by atoms with Gasteiger partial charge in [-0.2, -0.15) is 0 Å². The molecule has 1 aliphatic carbocycles.